The van der Waals surface area contributed by atoms with Crippen LogP contribution in [0.3, 0.4) is 0 Å². The predicted octanol–water partition coefficient (Wildman–Crippen LogP) is 3.05. The molecule has 3 aliphatic rings. The van der Waals surface area contributed by atoms with Crippen LogP contribution in [-0.2, 0) is 19.1 Å². The fourth-order valence-electron chi connectivity index (χ4n) is 3.66. The quantitative estimate of drug-likeness (QED) is 0.696. The molecular formula is C17H20O4. The maximum absolute atomic E-state index is 11.9. The fourth-order valence-corrected chi connectivity index (χ4v) is 3.66. The van der Waals surface area contributed by atoms with E-state index in [-0.39, 0.29) is 17.4 Å². The molecule has 0 amide bonds. The first kappa shape index (κ1) is 14.1. The summed E-state index contributed by atoms with van der Waals surface area (Å²) in [5.74, 6) is 0.223. The normalized spacial score (nSPS) is 34.6. The Balaban J connectivity index is 2.22. The lowest BCUT2D eigenvalue weighted by atomic mass is 9.59. The maximum Gasteiger partial charge on any atom is 0.339 e. The van der Waals surface area contributed by atoms with Crippen molar-refractivity contribution in [1.82, 2.24) is 0 Å². The Hall–Kier alpha value is -1.84. The van der Waals surface area contributed by atoms with Gasteiger partial charge in [0.25, 0.3) is 0 Å². The smallest absolute Gasteiger partial charge is 0.339 e. The molecule has 0 bridgehead atoms. The molecule has 0 radical (unpaired) electrons. The summed E-state index contributed by atoms with van der Waals surface area (Å²) in [7, 11) is 0. The van der Waals surface area contributed by atoms with E-state index >= 15 is 0 Å². The first-order valence-corrected chi connectivity index (χ1v) is 7.38. The van der Waals surface area contributed by atoms with E-state index in [2.05, 4.69) is 19.9 Å². The van der Waals surface area contributed by atoms with E-state index in [0.29, 0.717) is 17.3 Å². The second kappa shape index (κ2) is 4.58. The monoisotopic (exact) mass is 288 g/mol. The highest BCUT2D eigenvalue weighted by Crippen LogP contribution is 2.54. The first-order valence-electron chi connectivity index (χ1n) is 7.38. The molecule has 1 aliphatic heterocycles. The average molecular weight is 288 g/mol. The number of ether oxygens (including phenoxy) is 2. The van der Waals surface area contributed by atoms with E-state index in [9.17, 15) is 9.59 Å². The van der Waals surface area contributed by atoms with Crippen LogP contribution in [0.25, 0.3) is 0 Å². The van der Waals surface area contributed by atoms with Gasteiger partial charge in [0.05, 0.1) is 0 Å². The van der Waals surface area contributed by atoms with Gasteiger partial charge in [-0.3, -0.25) is 4.79 Å². The Bertz CT molecular complexity index is 623. The third kappa shape index (κ3) is 1.88. The SMILES string of the molecule is CC(=O)OC1C2=C(C)C(=O)OC2=CC2=CCCC(C)C21C. The van der Waals surface area contributed by atoms with E-state index < -0.39 is 6.10 Å². The third-order valence-electron chi connectivity index (χ3n) is 5.17. The number of carbonyl (C=O) groups excluding carboxylic acids is 2. The van der Waals surface area contributed by atoms with Crippen molar-refractivity contribution >= 4 is 11.9 Å². The second-order valence-electron chi connectivity index (χ2n) is 6.35. The number of rotatable bonds is 1. The zero-order valence-corrected chi connectivity index (χ0v) is 12.9. The Morgan fingerprint density at radius 3 is 2.86 bits per heavy atom. The van der Waals surface area contributed by atoms with Gasteiger partial charge in [0, 0.05) is 23.5 Å². The summed E-state index contributed by atoms with van der Waals surface area (Å²) in [4.78, 5) is 23.5. The van der Waals surface area contributed by atoms with Gasteiger partial charge in [0.1, 0.15) is 11.9 Å². The van der Waals surface area contributed by atoms with Crippen LogP contribution >= 0.6 is 0 Å². The summed E-state index contributed by atoms with van der Waals surface area (Å²) in [6, 6.07) is 0. The summed E-state index contributed by atoms with van der Waals surface area (Å²) < 4.78 is 11.0. The van der Waals surface area contributed by atoms with E-state index in [1.54, 1.807) is 6.92 Å². The van der Waals surface area contributed by atoms with Crippen molar-refractivity contribution in [3.8, 4) is 0 Å². The van der Waals surface area contributed by atoms with Crippen LogP contribution in [0.4, 0.5) is 0 Å². The lowest BCUT2D eigenvalue weighted by Crippen LogP contribution is -2.47. The molecule has 3 atom stereocenters. The molecule has 1 heterocycles. The molecular weight excluding hydrogens is 268 g/mol. The topological polar surface area (TPSA) is 52.6 Å². The average Bonchev–Trinajstić information content (AvgIpc) is 2.68. The first-order chi connectivity index (χ1) is 9.85. The van der Waals surface area contributed by atoms with Gasteiger partial charge in [-0.2, -0.15) is 0 Å². The fraction of sp³-hybridized carbons (Fsp3) is 0.529. The van der Waals surface area contributed by atoms with E-state index in [1.807, 2.05) is 6.08 Å². The van der Waals surface area contributed by atoms with Crippen molar-refractivity contribution in [2.45, 2.75) is 46.6 Å². The molecule has 112 valence electrons. The molecule has 0 fully saturated rings. The van der Waals surface area contributed by atoms with Crippen molar-refractivity contribution in [2.24, 2.45) is 11.3 Å². The molecule has 0 N–H and O–H groups in total. The third-order valence-corrected chi connectivity index (χ3v) is 5.17. The maximum atomic E-state index is 11.9. The molecule has 21 heavy (non-hydrogen) atoms. The molecule has 3 rings (SSSR count). The molecule has 0 spiro atoms. The van der Waals surface area contributed by atoms with E-state index in [1.165, 1.54) is 6.92 Å². The van der Waals surface area contributed by atoms with Crippen molar-refractivity contribution in [2.75, 3.05) is 0 Å². The number of hydrogen-bond donors (Lipinski definition) is 0. The Morgan fingerprint density at radius 2 is 2.19 bits per heavy atom. The number of allylic oxidation sites excluding steroid dienone is 2. The number of hydrogen-bond acceptors (Lipinski definition) is 4. The van der Waals surface area contributed by atoms with Gasteiger partial charge >= 0.3 is 11.9 Å². The molecule has 2 aliphatic carbocycles. The molecule has 0 aromatic carbocycles. The van der Waals surface area contributed by atoms with Gasteiger partial charge in [-0.25, -0.2) is 4.79 Å². The minimum atomic E-state index is -0.456. The van der Waals surface area contributed by atoms with Gasteiger partial charge in [0.2, 0.25) is 0 Å². The van der Waals surface area contributed by atoms with Crippen LogP contribution in [0.15, 0.2) is 34.6 Å². The summed E-state index contributed by atoms with van der Waals surface area (Å²) >= 11 is 0. The highest BCUT2D eigenvalue weighted by atomic mass is 16.6. The van der Waals surface area contributed by atoms with Gasteiger partial charge in [-0.05, 0) is 37.3 Å². The van der Waals surface area contributed by atoms with Gasteiger partial charge in [-0.15, -0.1) is 0 Å². The summed E-state index contributed by atoms with van der Waals surface area (Å²) in [6.07, 6.45) is 5.70. The van der Waals surface area contributed by atoms with Gasteiger partial charge in [0.15, 0.2) is 0 Å². The van der Waals surface area contributed by atoms with Gasteiger partial charge < -0.3 is 9.47 Å². The van der Waals surface area contributed by atoms with E-state index in [0.717, 1.165) is 24.0 Å². The molecule has 4 nitrogen and oxygen atoms in total. The van der Waals surface area contributed by atoms with Crippen LogP contribution in [-0.4, -0.2) is 18.0 Å². The number of fused-ring (bicyclic) bond motifs is 2. The largest absolute Gasteiger partial charge is 0.457 e. The number of esters is 2. The highest BCUT2D eigenvalue weighted by Gasteiger charge is 2.53. The molecule has 0 saturated heterocycles. The van der Waals surface area contributed by atoms with E-state index in [4.69, 9.17) is 9.47 Å². The summed E-state index contributed by atoms with van der Waals surface area (Å²) in [5.41, 5.74) is 2.08. The number of carbonyl (C=O) groups is 2. The van der Waals surface area contributed by atoms with Crippen LogP contribution in [0.1, 0.15) is 40.5 Å². The van der Waals surface area contributed by atoms with Crippen molar-refractivity contribution in [3.05, 3.63) is 34.6 Å². The molecule has 4 heteroatoms. The van der Waals surface area contributed by atoms with Crippen LogP contribution in [0, 0.1) is 11.3 Å². The molecule has 0 aromatic heterocycles. The highest BCUT2D eigenvalue weighted by molar-refractivity contribution is 5.95. The molecule has 0 aromatic rings. The second-order valence-corrected chi connectivity index (χ2v) is 6.35. The lowest BCUT2D eigenvalue weighted by molar-refractivity contribution is -0.151. The summed E-state index contributed by atoms with van der Waals surface area (Å²) in [5, 5.41) is 0. The lowest BCUT2D eigenvalue weighted by Gasteiger charge is -2.47. The standard InChI is InChI=1S/C17H20O4/c1-9-6-5-7-12-8-13-14(10(2)16(19)21-13)15(17(9,12)4)20-11(3)18/h7-9,15H,5-6H2,1-4H3. The van der Waals surface area contributed by atoms with Crippen molar-refractivity contribution in [3.63, 3.8) is 0 Å². The van der Waals surface area contributed by atoms with Crippen molar-refractivity contribution < 1.29 is 19.1 Å². The zero-order chi connectivity index (χ0) is 15.4. The van der Waals surface area contributed by atoms with Crippen LogP contribution < -0.4 is 0 Å². The van der Waals surface area contributed by atoms with Crippen LogP contribution in [0.2, 0.25) is 0 Å². The Labute approximate surface area is 124 Å². The molecule has 3 unspecified atom stereocenters. The Kier molecular flexibility index (Phi) is 3.08. The van der Waals surface area contributed by atoms with Crippen molar-refractivity contribution in [1.29, 1.82) is 0 Å². The predicted molar refractivity (Wildman–Crippen MR) is 77.0 cm³/mol. The summed E-state index contributed by atoms with van der Waals surface area (Å²) in [6.45, 7) is 7.44. The minimum absolute atomic E-state index is 0.308. The van der Waals surface area contributed by atoms with Crippen LogP contribution in [0.5, 0.6) is 0 Å². The Morgan fingerprint density at radius 1 is 1.48 bits per heavy atom. The zero-order valence-electron chi connectivity index (χ0n) is 12.9. The minimum Gasteiger partial charge on any atom is -0.457 e. The molecule has 0 saturated carbocycles. The van der Waals surface area contributed by atoms with Gasteiger partial charge in [-0.1, -0.05) is 19.9 Å².